The molecule has 140 valence electrons. The van der Waals surface area contributed by atoms with Gasteiger partial charge in [0.25, 0.3) is 5.56 Å². The Labute approximate surface area is 156 Å². The van der Waals surface area contributed by atoms with Crippen molar-refractivity contribution in [3.05, 3.63) is 70.7 Å². The minimum atomic E-state index is -0.434. The lowest BCUT2D eigenvalue weighted by Crippen LogP contribution is -2.34. The topological polar surface area (TPSA) is 86.4 Å². The highest BCUT2D eigenvalue weighted by Crippen LogP contribution is 2.17. The van der Waals surface area contributed by atoms with E-state index >= 15 is 0 Å². The summed E-state index contributed by atoms with van der Waals surface area (Å²) in [6, 6.07) is 14.0. The largest absolute Gasteiger partial charge is 0.496 e. The summed E-state index contributed by atoms with van der Waals surface area (Å²) in [6.07, 6.45) is 1.54. The Balaban J connectivity index is 1.66. The number of carbonyl (C=O) groups excluding carboxylic acids is 1. The molecule has 0 spiro atoms. The van der Waals surface area contributed by atoms with Crippen LogP contribution in [-0.2, 0) is 17.9 Å². The van der Waals surface area contributed by atoms with E-state index in [4.69, 9.17) is 9.15 Å². The Morgan fingerprint density at radius 3 is 2.78 bits per heavy atom. The summed E-state index contributed by atoms with van der Waals surface area (Å²) in [6.45, 7) is 2.28. The second-order valence-electron chi connectivity index (χ2n) is 6.15. The van der Waals surface area contributed by atoms with Crippen LogP contribution >= 0.6 is 0 Å². The van der Waals surface area contributed by atoms with Crippen molar-refractivity contribution in [3.63, 3.8) is 0 Å². The van der Waals surface area contributed by atoms with Crippen molar-refractivity contribution < 1.29 is 13.9 Å². The van der Waals surface area contributed by atoms with Gasteiger partial charge in [0, 0.05) is 18.2 Å². The van der Waals surface area contributed by atoms with Gasteiger partial charge in [0.1, 0.15) is 11.4 Å². The molecule has 2 heterocycles. The monoisotopic (exact) mass is 367 g/mol. The third-order valence-corrected chi connectivity index (χ3v) is 4.18. The predicted molar refractivity (Wildman–Crippen MR) is 100 cm³/mol. The van der Waals surface area contributed by atoms with E-state index in [1.54, 1.807) is 38.5 Å². The van der Waals surface area contributed by atoms with Crippen molar-refractivity contribution >= 4 is 5.91 Å². The molecule has 1 aromatic carbocycles. The highest BCUT2D eigenvalue weighted by atomic mass is 16.5. The van der Waals surface area contributed by atoms with Gasteiger partial charge in [0.2, 0.25) is 5.91 Å². The lowest BCUT2D eigenvalue weighted by atomic mass is 10.1. The number of hydrogen-bond acceptors (Lipinski definition) is 5. The van der Waals surface area contributed by atoms with E-state index in [1.807, 2.05) is 24.3 Å². The Morgan fingerprint density at radius 1 is 1.22 bits per heavy atom. The number of amides is 1. The summed E-state index contributed by atoms with van der Waals surface area (Å²) >= 11 is 0. The molecule has 0 bridgehead atoms. The van der Waals surface area contributed by atoms with Crippen molar-refractivity contribution in [2.45, 2.75) is 20.0 Å². The van der Waals surface area contributed by atoms with Gasteiger partial charge in [0.05, 0.1) is 25.8 Å². The highest BCUT2D eigenvalue weighted by Gasteiger charge is 2.16. The van der Waals surface area contributed by atoms with Crippen LogP contribution in [0.25, 0.3) is 11.5 Å². The number of carbonyl (C=O) groups is 1. The number of rotatable bonds is 7. The van der Waals surface area contributed by atoms with Gasteiger partial charge in [-0.3, -0.25) is 9.59 Å². The van der Waals surface area contributed by atoms with Gasteiger partial charge >= 0.3 is 0 Å². The summed E-state index contributed by atoms with van der Waals surface area (Å²) in [7, 11) is 1.59. The van der Waals surface area contributed by atoms with Crippen molar-refractivity contribution in [1.82, 2.24) is 15.1 Å². The van der Waals surface area contributed by atoms with Gasteiger partial charge in [-0.15, -0.1) is 0 Å². The van der Waals surface area contributed by atoms with Gasteiger partial charge in [-0.05, 0) is 24.3 Å². The number of methoxy groups -OCH3 is 1. The quantitative estimate of drug-likeness (QED) is 0.693. The zero-order valence-electron chi connectivity index (χ0n) is 15.2. The molecule has 0 aliphatic rings. The van der Waals surface area contributed by atoms with Crippen LogP contribution in [-0.4, -0.2) is 22.8 Å². The molecule has 3 aromatic rings. The zero-order valence-corrected chi connectivity index (χ0v) is 15.2. The smallest absolute Gasteiger partial charge is 0.266 e. The van der Waals surface area contributed by atoms with Crippen molar-refractivity contribution in [2.75, 3.05) is 7.11 Å². The molecule has 0 radical (unpaired) electrons. The first-order valence-electron chi connectivity index (χ1n) is 8.60. The number of ether oxygens (including phenoxy) is 1. The molecule has 1 amide bonds. The third-order valence-electron chi connectivity index (χ3n) is 4.18. The van der Waals surface area contributed by atoms with E-state index in [9.17, 15) is 9.59 Å². The molecule has 0 aliphatic carbocycles. The molecular formula is C20H21N3O4. The molecule has 1 atom stereocenters. The molecule has 0 aliphatic heterocycles. The molecule has 0 saturated carbocycles. The maximum Gasteiger partial charge on any atom is 0.266 e. The van der Waals surface area contributed by atoms with Crippen LogP contribution in [0.3, 0.4) is 0 Å². The molecule has 1 N–H and O–H groups in total. The molecule has 0 unspecified atom stereocenters. The summed E-state index contributed by atoms with van der Waals surface area (Å²) in [5.74, 6) is 0.682. The van der Waals surface area contributed by atoms with E-state index < -0.39 is 5.92 Å². The molecule has 0 saturated heterocycles. The second-order valence-corrected chi connectivity index (χ2v) is 6.15. The third kappa shape index (κ3) is 4.44. The Morgan fingerprint density at radius 2 is 2.04 bits per heavy atom. The minimum Gasteiger partial charge on any atom is -0.496 e. The average Bonchev–Trinajstić information content (AvgIpc) is 3.22. The van der Waals surface area contributed by atoms with Crippen LogP contribution in [0.2, 0.25) is 0 Å². The fraction of sp³-hybridized carbons (Fsp3) is 0.250. The Hall–Kier alpha value is -3.35. The van der Waals surface area contributed by atoms with Crippen molar-refractivity contribution in [3.8, 4) is 17.2 Å². The maximum absolute atomic E-state index is 12.4. The van der Waals surface area contributed by atoms with Crippen LogP contribution in [0.15, 0.2) is 64.0 Å². The summed E-state index contributed by atoms with van der Waals surface area (Å²) < 4.78 is 11.9. The predicted octanol–water partition coefficient (Wildman–Crippen LogP) is 2.46. The lowest BCUT2D eigenvalue weighted by molar-refractivity contribution is -0.125. The van der Waals surface area contributed by atoms with Gasteiger partial charge < -0.3 is 14.5 Å². The summed E-state index contributed by atoms with van der Waals surface area (Å²) in [4.78, 5) is 24.5. The van der Waals surface area contributed by atoms with Crippen LogP contribution < -0.4 is 15.6 Å². The standard InChI is InChI=1S/C20H21N3O4/c1-14(20(25)21-12-15-6-3-4-7-17(15)26-2)13-23-19(24)10-9-16(22-23)18-8-5-11-27-18/h3-11,14H,12-13H2,1-2H3,(H,21,25)/t14-/m0/s1. The Kier molecular flexibility index (Phi) is 5.71. The first-order valence-corrected chi connectivity index (χ1v) is 8.60. The fourth-order valence-electron chi connectivity index (χ4n) is 2.68. The Bertz CT molecular complexity index is 963. The first-order chi connectivity index (χ1) is 13.1. The van der Waals surface area contributed by atoms with E-state index in [1.165, 1.54) is 10.7 Å². The average molecular weight is 367 g/mol. The van der Waals surface area contributed by atoms with Crippen molar-refractivity contribution in [1.29, 1.82) is 0 Å². The van der Waals surface area contributed by atoms with Crippen molar-refractivity contribution in [2.24, 2.45) is 5.92 Å². The van der Waals surface area contributed by atoms with Gasteiger partial charge in [-0.25, -0.2) is 4.68 Å². The van der Waals surface area contributed by atoms with E-state index in [-0.39, 0.29) is 18.0 Å². The molecule has 27 heavy (non-hydrogen) atoms. The second kappa shape index (κ2) is 8.35. The van der Waals surface area contributed by atoms with Gasteiger partial charge in [0.15, 0.2) is 5.76 Å². The van der Waals surface area contributed by atoms with Crippen LogP contribution in [0.4, 0.5) is 0 Å². The molecular weight excluding hydrogens is 346 g/mol. The van der Waals surface area contributed by atoms with E-state index in [2.05, 4.69) is 10.4 Å². The number of benzene rings is 1. The number of para-hydroxylation sites is 1. The number of nitrogens with one attached hydrogen (secondary N) is 1. The molecule has 0 fully saturated rings. The van der Waals surface area contributed by atoms with Gasteiger partial charge in [-0.1, -0.05) is 25.1 Å². The van der Waals surface area contributed by atoms with Crippen LogP contribution in [0, 0.1) is 5.92 Å². The highest BCUT2D eigenvalue weighted by molar-refractivity contribution is 5.78. The molecule has 3 rings (SSSR count). The number of nitrogens with zero attached hydrogens (tertiary/aromatic N) is 2. The maximum atomic E-state index is 12.4. The SMILES string of the molecule is COc1ccccc1CNC(=O)[C@@H](C)Cn1nc(-c2ccco2)ccc1=O. The number of aromatic nitrogens is 2. The van der Waals surface area contributed by atoms with Crippen LogP contribution in [0.5, 0.6) is 5.75 Å². The minimum absolute atomic E-state index is 0.169. The number of furan rings is 1. The van der Waals surface area contributed by atoms with Gasteiger partial charge in [-0.2, -0.15) is 5.10 Å². The molecule has 2 aromatic heterocycles. The van der Waals surface area contributed by atoms with E-state index in [0.29, 0.717) is 18.0 Å². The lowest BCUT2D eigenvalue weighted by Gasteiger charge is -2.14. The first kappa shape index (κ1) is 18.4. The summed E-state index contributed by atoms with van der Waals surface area (Å²) in [5.41, 5.74) is 1.16. The zero-order chi connectivity index (χ0) is 19.2. The van der Waals surface area contributed by atoms with Crippen LogP contribution in [0.1, 0.15) is 12.5 Å². The fourth-order valence-corrected chi connectivity index (χ4v) is 2.68. The number of hydrogen-bond donors (Lipinski definition) is 1. The molecule has 7 heteroatoms. The molecule has 7 nitrogen and oxygen atoms in total. The normalized spacial score (nSPS) is 11.8. The summed E-state index contributed by atoms with van der Waals surface area (Å²) in [5, 5.41) is 7.17. The van der Waals surface area contributed by atoms with E-state index in [0.717, 1.165) is 11.3 Å².